The van der Waals surface area contributed by atoms with E-state index in [0.717, 1.165) is 0 Å². The number of aliphatic hydroxyl groups is 4. The van der Waals surface area contributed by atoms with Gasteiger partial charge in [0.25, 0.3) is 0 Å². The highest BCUT2D eigenvalue weighted by molar-refractivity contribution is 5.92. The highest BCUT2D eigenvalue weighted by Gasteiger charge is 2.56. The third kappa shape index (κ3) is 3.43. The lowest BCUT2D eigenvalue weighted by Gasteiger charge is -2.42. The molecule has 4 rings (SSSR count). The van der Waals surface area contributed by atoms with Crippen molar-refractivity contribution < 1.29 is 53.7 Å². The molecule has 0 aromatic carbocycles. The largest absolute Gasteiger partial charge is 0.471 e. The first-order chi connectivity index (χ1) is 13.8. The number of ether oxygens (including phenoxy) is 5. The van der Waals surface area contributed by atoms with Crippen molar-refractivity contribution in [3.8, 4) is 0 Å². The van der Waals surface area contributed by atoms with Crippen LogP contribution in [-0.2, 0) is 33.3 Å². The quantitative estimate of drug-likeness (QED) is 0.283. The fourth-order valence-corrected chi connectivity index (χ4v) is 4.12. The minimum Gasteiger partial charge on any atom is -0.471 e. The Morgan fingerprint density at radius 3 is 2.59 bits per heavy atom. The lowest BCUT2D eigenvalue weighted by Crippen LogP contribution is -2.60. The first-order valence-electron chi connectivity index (χ1n) is 9.18. The summed E-state index contributed by atoms with van der Waals surface area (Å²) < 4.78 is 27.0. The standard InChI is InChI=1S/C18H22O11/c1-6(20)25-4-7-2-9-12-8(16(24)27-9)5-26-17(11(7)12)29-18-15(23)14(22)13(21)10(3-19)28-18/h2,5,9-15,17-19,21-23H,3-4H2,1H3/t9-,10-,11+,12+,13+,14+,15+,17-,18+/m0/s1. The molecule has 0 aromatic heterocycles. The normalized spacial score (nSPS) is 43.1. The molecule has 0 spiro atoms. The molecule has 160 valence electrons. The molecule has 11 nitrogen and oxygen atoms in total. The van der Waals surface area contributed by atoms with E-state index in [-0.39, 0.29) is 6.61 Å². The second-order valence-electron chi connectivity index (χ2n) is 7.35. The van der Waals surface area contributed by atoms with E-state index >= 15 is 0 Å². The minimum absolute atomic E-state index is 0.0598. The molecule has 11 heteroatoms. The van der Waals surface area contributed by atoms with Crippen molar-refractivity contribution in [2.45, 2.75) is 50.0 Å². The summed E-state index contributed by atoms with van der Waals surface area (Å²) in [5.41, 5.74) is 0.936. The summed E-state index contributed by atoms with van der Waals surface area (Å²) in [5, 5.41) is 39.4. The number of carbonyl (C=O) groups is 2. The molecule has 1 aliphatic carbocycles. The van der Waals surface area contributed by atoms with Gasteiger partial charge in [-0.25, -0.2) is 4.79 Å². The zero-order valence-electron chi connectivity index (χ0n) is 15.4. The molecular formula is C18H22O11. The van der Waals surface area contributed by atoms with Crippen molar-refractivity contribution in [2.24, 2.45) is 11.8 Å². The van der Waals surface area contributed by atoms with Crippen molar-refractivity contribution in [3.63, 3.8) is 0 Å². The Balaban J connectivity index is 1.56. The second-order valence-corrected chi connectivity index (χ2v) is 7.35. The number of esters is 2. The van der Waals surface area contributed by atoms with Crippen LogP contribution in [0.15, 0.2) is 23.5 Å². The van der Waals surface area contributed by atoms with Crippen molar-refractivity contribution >= 4 is 11.9 Å². The molecule has 4 N–H and O–H groups in total. The van der Waals surface area contributed by atoms with Crippen molar-refractivity contribution in [1.82, 2.24) is 0 Å². The molecule has 3 aliphatic heterocycles. The van der Waals surface area contributed by atoms with Gasteiger partial charge in [-0.1, -0.05) is 0 Å². The number of aliphatic hydroxyl groups excluding tert-OH is 4. The van der Waals surface area contributed by atoms with E-state index in [1.807, 2.05) is 0 Å². The molecule has 4 aliphatic rings. The Bertz CT molecular complexity index is 744. The lowest BCUT2D eigenvalue weighted by atomic mass is 9.84. The van der Waals surface area contributed by atoms with Gasteiger partial charge in [-0.15, -0.1) is 0 Å². The van der Waals surface area contributed by atoms with Crippen molar-refractivity contribution in [2.75, 3.05) is 13.2 Å². The molecule has 0 unspecified atom stereocenters. The van der Waals surface area contributed by atoms with Crippen LogP contribution in [0.2, 0.25) is 0 Å². The first kappa shape index (κ1) is 20.3. The Hall–Kier alpha value is -2.02. The summed E-state index contributed by atoms with van der Waals surface area (Å²) in [6.45, 7) is 0.602. The van der Waals surface area contributed by atoms with Crippen LogP contribution < -0.4 is 0 Å². The van der Waals surface area contributed by atoms with Crippen LogP contribution >= 0.6 is 0 Å². The summed E-state index contributed by atoms with van der Waals surface area (Å²) in [6.07, 6.45) is -6.03. The minimum atomic E-state index is -1.61. The van der Waals surface area contributed by atoms with E-state index in [0.29, 0.717) is 11.1 Å². The van der Waals surface area contributed by atoms with Gasteiger partial charge in [0.2, 0.25) is 6.29 Å². The zero-order valence-corrected chi connectivity index (χ0v) is 15.4. The van der Waals surface area contributed by atoms with Crippen LogP contribution in [0.25, 0.3) is 0 Å². The van der Waals surface area contributed by atoms with Gasteiger partial charge in [0.15, 0.2) is 6.29 Å². The number of hydrogen-bond acceptors (Lipinski definition) is 11. The zero-order chi connectivity index (χ0) is 20.9. The van der Waals surface area contributed by atoms with Gasteiger partial charge in [0.05, 0.1) is 24.4 Å². The van der Waals surface area contributed by atoms with Crippen LogP contribution in [0.1, 0.15) is 6.92 Å². The third-order valence-electron chi connectivity index (χ3n) is 5.57. The molecular weight excluding hydrogens is 392 g/mol. The molecule has 29 heavy (non-hydrogen) atoms. The van der Waals surface area contributed by atoms with Crippen LogP contribution in [0.3, 0.4) is 0 Å². The van der Waals surface area contributed by atoms with Gasteiger partial charge in [-0.05, 0) is 11.6 Å². The van der Waals surface area contributed by atoms with E-state index in [1.165, 1.54) is 13.2 Å². The monoisotopic (exact) mass is 414 g/mol. The van der Waals surface area contributed by atoms with Gasteiger partial charge < -0.3 is 44.1 Å². The summed E-state index contributed by atoms with van der Waals surface area (Å²) >= 11 is 0. The van der Waals surface area contributed by atoms with Gasteiger partial charge in [0, 0.05) is 12.8 Å². The van der Waals surface area contributed by atoms with Gasteiger partial charge in [-0.2, -0.15) is 0 Å². The molecule has 2 saturated heterocycles. The van der Waals surface area contributed by atoms with E-state index in [4.69, 9.17) is 23.7 Å². The maximum absolute atomic E-state index is 12.0. The second kappa shape index (κ2) is 7.67. The maximum atomic E-state index is 12.0. The first-order valence-corrected chi connectivity index (χ1v) is 9.18. The van der Waals surface area contributed by atoms with E-state index in [9.17, 15) is 30.0 Å². The van der Waals surface area contributed by atoms with Crippen LogP contribution in [0, 0.1) is 11.8 Å². The van der Waals surface area contributed by atoms with E-state index < -0.39 is 73.5 Å². The SMILES string of the molecule is CC(=O)OCC1=C[C@@H]2OC(=O)C3=CO[C@@H](O[C@H]4O[C@@H](CO)[C@@H](O)[C@@H](O)[C@H]4O)[C@H]1[C@H]32. The molecule has 0 saturated carbocycles. The van der Waals surface area contributed by atoms with E-state index in [2.05, 4.69) is 0 Å². The van der Waals surface area contributed by atoms with Gasteiger partial charge in [0.1, 0.15) is 37.1 Å². The molecule has 0 bridgehead atoms. The van der Waals surface area contributed by atoms with Crippen molar-refractivity contribution in [3.05, 3.63) is 23.5 Å². The van der Waals surface area contributed by atoms with E-state index in [1.54, 1.807) is 6.08 Å². The van der Waals surface area contributed by atoms with Crippen LogP contribution in [0.5, 0.6) is 0 Å². The third-order valence-corrected chi connectivity index (χ3v) is 5.57. The number of rotatable bonds is 5. The Labute approximate surface area is 165 Å². The molecule has 2 fully saturated rings. The molecule has 0 aromatic rings. The molecule has 3 heterocycles. The predicted octanol–water partition coefficient (Wildman–Crippen LogP) is -2.30. The summed E-state index contributed by atoms with van der Waals surface area (Å²) in [7, 11) is 0. The number of carbonyl (C=O) groups excluding carboxylic acids is 2. The Kier molecular flexibility index (Phi) is 5.36. The van der Waals surface area contributed by atoms with Crippen LogP contribution in [-0.4, -0.2) is 88.7 Å². The topological polar surface area (TPSA) is 161 Å². The summed E-state index contributed by atoms with van der Waals surface area (Å²) in [6, 6.07) is 0. The van der Waals surface area contributed by atoms with Gasteiger partial charge in [-0.3, -0.25) is 4.79 Å². The fourth-order valence-electron chi connectivity index (χ4n) is 4.12. The highest BCUT2D eigenvalue weighted by Crippen LogP contribution is 2.49. The molecule has 9 atom stereocenters. The fraction of sp³-hybridized carbons (Fsp3) is 0.667. The smallest absolute Gasteiger partial charge is 0.338 e. The summed E-state index contributed by atoms with van der Waals surface area (Å²) in [5.74, 6) is -1.99. The molecule has 0 radical (unpaired) electrons. The Morgan fingerprint density at radius 2 is 1.90 bits per heavy atom. The maximum Gasteiger partial charge on any atom is 0.338 e. The Morgan fingerprint density at radius 1 is 1.14 bits per heavy atom. The number of hydrogen-bond donors (Lipinski definition) is 4. The lowest BCUT2D eigenvalue weighted by molar-refractivity contribution is -0.339. The highest BCUT2D eigenvalue weighted by atomic mass is 16.8. The van der Waals surface area contributed by atoms with Crippen LogP contribution in [0.4, 0.5) is 0 Å². The predicted molar refractivity (Wildman–Crippen MR) is 89.4 cm³/mol. The molecule has 0 amide bonds. The van der Waals surface area contributed by atoms with Gasteiger partial charge >= 0.3 is 11.9 Å². The summed E-state index contributed by atoms with van der Waals surface area (Å²) in [4.78, 5) is 23.2. The average Bonchev–Trinajstić information content (AvgIpc) is 3.20. The van der Waals surface area contributed by atoms with Crippen molar-refractivity contribution in [1.29, 1.82) is 0 Å². The average molecular weight is 414 g/mol.